The number of nitrogens with zero attached hydrogens (tertiary/aromatic N) is 2. The van der Waals surface area contributed by atoms with Gasteiger partial charge in [-0.05, 0) is 31.0 Å². The first-order valence-corrected chi connectivity index (χ1v) is 10.7. The molecule has 0 radical (unpaired) electrons. The van der Waals surface area contributed by atoms with E-state index >= 15 is 0 Å². The van der Waals surface area contributed by atoms with Crippen molar-refractivity contribution in [2.24, 2.45) is 0 Å². The van der Waals surface area contributed by atoms with Gasteiger partial charge in [0.25, 0.3) is 10.0 Å². The molecule has 0 atom stereocenters. The fourth-order valence-corrected chi connectivity index (χ4v) is 5.76. The Hall–Kier alpha value is -1.74. The minimum absolute atomic E-state index is 0.0159. The number of benzene rings is 1. The van der Waals surface area contributed by atoms with Crippen LogP contribution in [0.25, 0.3) is 0 Å². The van der Waals surface area contributed by atoms with Crippen molar-refractivity contribution >= 4 is 27.3 Å². The van der Waals surface area contributed by atoms with Gasteiger partial charge < -0.3 is 5.11 Å². The Bertz CT molecular complexity index is 913. The van der Waals surface area contributed by atoms with Crippen molar-refractivity contribution in [1.29, 1.82) is 0 Å². The molecule has 1 N–H and O–H groups in total. The summed E-state index contributed by atoms with van der Waals surface area (Å²) < 4.78 is 27.0. The zero-order valence-corrected chi connectivity index (χ0v) is 16.4. The van der Waals surface area contributed by atoms with Crippen LogP contribution in [0.5, 0.6) is 0 Å². The van der Waals surface area contributed by atoms with E-state index in [1.165, 1.54) is 32.4 Å². The van der Waals surface area contributed by atoms with Gasteiger partial charge in [0.05, 0.1) is 5.56 Å². The van der Waals surface area contributed by atoms with Crippen molar-refractivity contribution in [1.82, 2.24) is 9.21 Å². The van der Waals surface area contributed by atoms with E-state index in [0.29, 0.717) is 26.2 Å². The highest BCUT2D eigenvalue weighted by molar-refractivity contribution is 7.91. The van der Waals surface area contributed by atoms with Gasteiger partial charge in [-0.3, -0.25) is 4.90 Å². The first-order valence-electron chi connectivity index (χ1n) is 8.38. The quantitative estimate of drug-likeness (QED) is 0.843. The van der Waals surface area contributed by atoms with Crippen LogP contribution in [0.3, 0.4) is 0 Å². The van der Waals surface area contributed by atoms with Crippen LogP contribution in [-0.2, 0) is 16.6 Å². The smallest absolute Gasteiger partial charge is 0.336 e. The second kappa shape index (κ2) is 7.48. The van der Waals surface area contributed by atoms with Crippen molar-refractivity contribution in [3.8, 4) is 0 Å². The fraction of sp³-hybridized carbons (Fsp3) is 0.389. The predicted octanol–water partition coefficient (Wildman–Crippen LogP) is 2.57. The Morgan fingerprint density at radius 1 is 1.15 bits per heavy atom. The third-order valence-corrected chi connectivity index (χ3v) is 7.96. The van der Waals surface area contributed by atoms with Gasteiger partial charge in [-0.2, -0.15) is 4.31 Å². The SMILES string of the molecule is Cc1ccc(C)c(CN2CCN(S(=O)(=O)c3cc(C(=O)O)cs3)CC2)c1. The summed E-state index contributed by atoms with van der Waals surface area (Å²) in [4.78, 5) is 13.2. The lowest BCUT2D eigenvalue weighted by Crippen LogP contribution is -2.48. The van der Waals surface area contributed by atoms with E-state index in [1.807, 2.05) is 0 Å². The first-order chi connectivity index (χ1) is 12.3. The summed E-state index contributed by atoms with van der Waals surface area (Å²) in [6.45, 7) is 7.10. The summed E-state index contributed by atoms with van der Waals surface area (Å²) in [5.74, 6) is -1.11. The summed E-state index contributed by atoms with van der Waals surface area (Å²) in [6, 6.07) is 7.63. The van der Waals surface area contributed by atoms with E-state index in [1.54, 1.807) is 0 Å². The number of aryl methyl sites for hydroxylation is 2. The molecule has 2 heterocycles. The van der Waals surface area contributed by atoms with E-state index in [-0.39, 0.29) is 9.77 Å². The number of carbonyl (C=O) groups is 1. The average molecular weight is 395 g/mol. The molecule has 2 aromatic rings. The molecule has 0 bridgehead atoms. The number of piperazine rings is 1. The molecule has 1 aromatic heterocycles. The number of aromatic carboxylic acids is 1. The molecule has 6 nitrogen and oxygen atoms in total. The third-order valence-electron chi connectivity index (χ3n) is 4.65. The van der Waals surface area contributed by atoms with Crippen LogP contribution in [0.15, 0.2) is 33.9 Å². The van der Waals surface area contributed by atoms with Crippen LogP contribution < -0.4 is 0 Å². The molecule has 0 amide bonds. The molecule has 1 aromatic carbocycles. The lowest BCUT2D eigenvalue weighted by molar-refractivity contribution is 0.0697. The van der Waals surface area contributed by atoms with E-state index in [2.05, 4.69) is 36.9 Å². The highest BCUT2D eigenvalue weighted by Gasteiger charge is 2.30. The minimum atomic E-state index is -3.62. The molecule has 1 fully saturated rings. The third kappa shape index (κ3) is 3.98. The molecule has 0 unspecified atom stereocenters. The first kappa shape index (κ1) is 19.0. The van der Waals surface area contributed by atoms with Crippen molar-refractivity contribution in [3.05, 3.63) is 51.9 Å². The highest BCUT2D eigenvalue weighted by Crippen LogP contribution is 2.25. The normalized spacial score (nSPS) is 16.7. The van der Waals surface area contributed by atoms with Gasteiger partial charge in [0.2, 0.25) is 0 Å². The monoisotopic (exact) mass is 394 g/mol. The molecule has 0 spiro atoms. The van der Waals surface area contributed by atoms with Crippen molar-refractivity contribution < 1.29 is 18.3 Å². The Morgan fingerprint density at radius 3 is 2.46 bits per heavy atom. The van der Waals surface area contributed by atoms with Crippen molar-refractivity contribution in [3.63, 3.8) is 0 Å². The maximum absolute atomic E-state index is 12.7. The summed E-state index contributed by atoms with van der Waals surface area (Å²) in [7, 11) is -3.62. The number of carboxylic acid groups (broad SMARTS) is 1. The molecule has 0 aliphatic carbocycles. The molecule has 26 heavy (non-hydrogen) atoms. The number of hydrogen-bond donors (Lipinski definition) is 1. The molecule has 3 rings (SSSR count). The highest BCUT2D eigenvalue weighted by atomic mass is 32.2. The van der Waals surface area contributed by atoms with E-state index in [9.17, 15) is 13.2 Å². The van der Waals surface area contributed by atoms with Crippen LogP contribution in [-0.4, -0.2) is 54.9 Å². The minimum Gasteiger partial charge on any atom is -0.478 e. The molecule has 0 saturated carbocycles. The van der Waals surface area contributed by atoms with Gasteiger partial charge in [0.1, 0.15) is 4.21 Å². The van der Waals surface area contributed by atoms with Crippen molar-refractivity contribution in [2.45, 2.75) is 24.6 Å². The van der Waals surface area contributed by atoms with Crippen LogP contribution in [0.2, 0.25) is 0 Å². The Labute approximate surface area is 157 Å². The summed E-state index contributed by atoms with van der Waals surface area (Å²) in [5.41, 5.74) is 3.75. The molecule has 1 aliphatic rings. The number of rotatable bonds is 5. The second-order valence-corrected chi connectivity index (χ2v) is 9.65. The topological polar surface area (TPSA) is 77.9 Å². The number of carboxylic acids is 1. The van der Waals surface area contributed by atoms with E-state index in [0.717, 1.165) is 17.9 Å². The fourth-order valence-electron chi connectivity index (χ4n) is 3.03. The molecule has 8 heteroatoms. The Morgan fingerprint density at radius 2 is 1.85 bits per heavy atom. The van der Waals surface area contributed by atoms with Gasteiger partial charge in [-0.15, -0.1) is 11.3 Å². The number of hydrogen-bond acceptors (Lipinski definition) is 5. The zero-order valence-electron chi connectivity index (χ0n) is 14.8. The Kier molecular flexibility index (Phi) is 5.47. The van der Waals surface area contributed by atoms with Gasteiger partial charge in [-0.25, -0.2) is 13.2 Å². The van der Waals surface area contributed by atoms with Gasteiger partial charge in [-0.1, -0.05) is 23.8 Å². The molecular weight excluding hydrogens is 372 g/mol. The Balaban J connectivity index is 1.65. The van der Waals surface area contributed by atoms with Gasteiger partial charge in [0, 0.05) is 38.1 Å². The maximum atomic E-state index is 12.7. The van der Waals surface area contributed by atoms with E-state index in [4.69, 9.17) is 5.11 Å². The number of thiophene rings is 1. The van der Waals surface area contributed by atoms with Crippen LogP contribution in [0, 0.1) is 13.8 Å². The van der Waals surface area contributed by atoms with Gasteiger partial charge in [0.15, 0.2) is 0 Å². The second-order valence-electron chi connectivity index (χ2n) is 6.57. The largest absolute Gasteiger partial charge is 0.478 e. The van der Waals surface area contributed by atoms with Crippen LogP contribution in [0.1, 0.15) is 27.0 Å². The average Bonchev–Trinajstić information content (AvgIpc) is 3.10. The standard InChI is InChI=1S/C18H22N2O4S2/c1-13-3-4-14(2)15(9-13)11-19-5-7-20(8-6-19)26(23,24)17-10-16(12-25-17)18(21)22/h3-4,9-10,12H,5-8,11H2,1-2H3,(H,21,22). The molecule has 1 aliphatic heterocycles. The predicted molar refractivity (Wildman–Crippen MR) is 101 cm³/mol. The summed E-state index contributed by atoms with van der Waals surface area (Å²) >= 11 is 0.961. The zero-order chi connectivity index (χ0) is 18.9. The van der Waals surface area contributed by atoms with E-state index < -0.39 is 16.0 Å². The summed E-state index contributed by atoms with van der Waals surface area (Å²) in [6.07, 6.45) is 0. The lowest BCUT2D eigenvalue weighted by Gasteiger charge is -2.34. The summed E-state index contributed by atoms with van der Waals surface area (Å²) in [5, 5.41) is 10.3. The molecular formula is C18H22N2O4S2. The van der Waals surface area contributed by atoms with Crippen molar-refractivity contribution in [2.75, 3.05) is 26.2 Å². The van der Waals surface area contributed by atoms with Gasteiger partial charge >= 0.3 is 5.97 Å². The van der Waals surface area contributed by atoms with Crippen LogP contribution in [0.4, 0.5) is 0 Å². The van der Waals surface area contributed by atoms with Crippen LogP contribution >= 0.6 is 11.3 Å². The molecule has 140 valence electrons. The molecule has 1 saturated heterocycles. The lowest BCUT2D eigenvalue weighted by atomic mass is 10.1. The number of sulfonamides is 1. The maximum Gasteiger partial charge on any atom is 0.336 e.